The number of rotatable bonds is 4. The monoisotopic (exact) mass is 333 g/mol. The van der Waals surface area contributed by atoms with E-state index in [1.54, 1.807) is 0 Å². The molecule has 3 aromatic rings. The van der Waals surface area contributed by atoms with Gasteiger partial charge in [0.25, 0.3) is 0 Å². The molecule has 1 atom stereocenters. The molecule has 0 saturated carbocycles. The van der Waals surface area contributed by atoms with Gasteiger partial charge in [0, 0.05) is 13.0 Å². The van der Waals surface area contributed by atoms with E-state index in [9.17, 15) is 0 Å². The predicted molar refractivity (Wildman–Crippen MR) is 82.4 cm³/mol. The van der Waals surface area contributed by atoms with Gasteiger partial charge in [-0.05, 0) is 47.1 Å². The highest BCUT2D eigenvalue weighted by Gasteiger charge is 2.16. The van der Waals surface area contributed by atoms with Crippen LogP contribution in [0.1, 0.15) is 24.6 Å². The van der Waals surface area contributed by atoms with Crippen LogP contribution in [-0.2, 0) is 13.0 Å². The first-order valence-electron chi connectivity index (χ1n) is 6.64. The largest absolute Gasteiger partial charge is 0.453 e. The minimum absolute atomic E-state index is 0.191. The molecule has 4 nitrogen and oxygen atoms in total. The summed E-state index contributed by atoms with van der Waals surface area (Å²) in [6.45, 7) is 3.00. The van der Waals surface area contributed by atoms with Crippen molar-refractivity contribution in [3.05, 3.63) is 52.7 Å². The Kier molecular flexibility index (Phi) is 3.63. The topological polar surface area (TPSA) is 57.0 Å². The number of benzene rings is 1. The zero-order valence-electron chi connectivity index (χ0n) is 11.2. The lowest BCUT2D eigenvalue weighted by Crippen LogP contribution is -2.15. The van der Waals surface area contributed by atoms with E-state index in [2.05, 4.69) is 38.5 Å². The number of nitrogens with zero attached hydrogens (tertiary/aromatic N) is 2. The highest BCUT2D eigenvalue weighted by molar-refractivity contribution is 9.10. The number of imidazole rings is 1. The van der Waals surface area contributed by atoms with Crippen molar-refractivity contribution >= 4 is 27.0 Å². The average Bonchev–Trinajstić information content (AvgIpc) is 3.01. The van der Waals surface area contributed by atoms with Crippen molar-refractivity contribution in [1.29, 1.82) is 0 Å². The zero-order valence-corrected chi connectivity index (χ0v) is 12.8. The van der Waals surface area contributed by atoms with Crippen LogP contribution in [-0.4, -0.2) is 9.55 Å². The molecular formula is C15H16BrN3O. The van der Waals surface area contributed by atoms with Gasteiger partial charge in [0.05, 0.1) is 17.1 Å². The third-order valence-electron chi connectivity index (χ3n) is 3.41. The van der Waals surface area contributed by atoms with Gasteiger partial charge in [-0.3, -0.25) is 0 Å². The second-order valence-electron chi connectivity index (χ2n) is 4.71. The first-order chi connectivity index (χ1) is 9.69. The summed E-state index contributed by atoms with van der Waals surface area (Å²) in [5, 5.41) is 0. The van der Waals surface area contributed by atoms with Gasteiger partial charge in [0.1, 0.15) is 11.6 Å². The maximum Gasteiger partial charge on any atom is 0.169 e. The van der Waals surface area contributed by atoms with Crippen LogP contribution < -0.4 is 5.73 Å². The number of aromatic nitrogens is 2. The molecule has 0 saturated heterocycles. The number of para-hydroxylation sites is 2. The first-order valence-corrected chi connectivity index (χ1v) is 7.43. The summed E-state index contributed by atoms with van der Waals surface area (Å²) in [6.07, 6.45) is 0.655. The van der Waals surface area contributed by atoms with Gasteiger partial charge < -0.3 is 14.7 Å². The van der Waals surface area contributed by atoms with Crippen molar-refractivity contribution in [2.45, 2.75) is 25.9 Å². The van der Waals surface area contributed by atoms with Crippen LogP contribution in [0.2, 0.25) is 0 Å². The molecule has 0 amide bonds. The van der Waals surface area contributed by atoms with Crippen LogP contribution in [0, 0.1) is 0 Å². The number of aryl methyl sites for hydroxylation is 1. The summed E-state index contributed by atoms with van der Waals surface area (Å²) in [7, 11) is 0. The fraction of sp³-hybridized carbons (Fsp3) is 0.267. The average molecular weight is 334 g/mol. The third-order valence-corrected chi connectivity index (χ3v) is 3.84. The van der Waals surface area contributed by atoms with Gasteiger partial charge in [-0.2, -0.15) is 0 Å². The fourth-order valence-corrected chi connectivity index (χ4v) is 2.78. The smallest absolute Gasteiger partial charge is 0.169 e. The van der Waals surface area contributed by atoms with Crippen molar-refractivity contribution in [3.63, 3.8) is 0 Å². The quantitative estimate of drug-likeness (QED) is 0.792. The molecule has 20 heavy (non-hydrogen) atoms. The molecule has 5 heteroatoms. The Morgan fingerprint density at radius 2 is 2.10 bits per heavy atom. The summed E-state index contributed by atoms with van der Waals surface area (Å²) < 4.78 is 8.42. The maximum absolute atomic E-state index is 6.22. The van der Waals surface area contributed by atoms with E-state index >= 15 is 0 Å². The molecule has 1 unspecified atom stereocenters. The highest BCUT2D eigenvalue weighted by Crippen LogP contribution is 2.23. The van der Waals surface area contributed by atoms with Gasteiger partial charge in [-0.25, -0.2) is 4.98 Å². The summed E-state index contributed by atoms with van der Waals surface area (Å²) >= 11 is 3.30. The molecule has 0 fully saturated rings. The van der Waals surface area contributed by atoms with Gasteiger partial charge in [-0.15, -0.1) is 0 Å². The van der Waals surface area contributed by atoms with Crippen LogP contribution in [0.5, 0.6) is 0 Å². The number of furan rings is 1. The highest BCUT2D eigenvalue weighted by atomic mass is 79.9. The van der Waals surface area contributed by atoms with Crippen LogP contribution in [0.4, 0.5) is 0 Å². The molecule has 3 rings (SSSR count). The molecule has 2 heterocycles. The van der Waals surface area contributed by atoms with Gasteiger partial charge in [-0.1, -0.05) is 12.1 Å². The molecule has 2 aromatic heterocycles. The molecular weight excluding hydrogens is 318 g/mol. The Morgan fingerprint density at radius 1 is 1.30 bits per heavy atom. The zero-order chi connectivity index (χ0) is 14.1. The van der Waals surface area contributed by atoms with Crippen LogP contribution in [0.3, 0.4) is 0 Å². The lowest BCUT2D eigenvalue weighted by molar-refractivity contribution is 0.442. The Balaban J connectivity index is 1.94. The third kappa shape index (κ3) is 2.39. The number of halogens is 1. The van der Waals surface area contributed by atoms with E-state index in [1.165, 1.54) is 0 Å². The molecule has 104 valence electrons. The number of hydrogen-bond donors (Lipinski definition) is 1. The standard InChI is InChI=1S/C15H16BrN3O/c1-2-19-12-6-4-3-5-11(12)18-15(19)9-10(17)13-7-8-14(16)20-13/h3-8,10H,2,9,17H2,1H3. The predicted octanol–water partition coefficient (Wildman–Crippen LogP) is 3.65. The lowest BCUT2D eigenvalue weighted by atomic mass is 10.1. The SMILES string of the molecule is CCn1c(CC(N)c2ccc(Br)o2)nc2ccccc21. The second kappa shape index (κ2) is 5.42. The van der Waals surface area contributed by atoms with E-state index in [4.69, 9.17) is 10.2 Å². The van der Waals surface area contributed by atoms with Crippen molar-refractivity contribution in [2.75, 3.05) is 0 Å². The molecule has 0 aliphatic rings. The Labute approximate surface area is 125 Å². The number of hydrogen-bond acceptors (Lipinski definition) is 3. The molecule has 0 radical (unpaired) electrons. The van der Waals surface area contributed by atoms with E-state index < -0.39 is 0 Å². The Bertz CT molecular complexity index is 732. The molecule has 0 bridgehead atoms. The minimum Gasteiger partial charge on any atom is -0.453 e. The van der Waals surface area contributed by atoms with E-state index in [0.717, 1.165) is 29.2 Å². The molecule has 0 aliphatic heterocycles. The molecule has 0 spiro atoms. The molecule has 2 N–H and O–H groups in total. The Morgan fingerprint density at radius 3 is 2.80 bits per heavy atom. The number of fused-ring (bicyclic) bond motifs is 1. The summed E-state index contributed by atoms with van der Waals surface area (Å²) in [6, 6.07) is 11.7. The summed E-state index contributed by atoms with van der Waals surface area (Å²) in [5.41, 5.74) is 8.38. The minimum atomic E-state index is -0.191. The van der Waals surface area contributed by atoms with Gasteiger partial charge in [0.15, 0.2) is 4.67 Å². The fourth-order valence-electron chi connectivity index (χ4n) is 2.46. The molecule has 0 aliphatic carbocycles. The van der Waals surface area contributed by atoms with E-state index in [-0.39, 0.29) is 6.04 Å². The van der Waals surface area contributed by atoms with Crippen LogP contribution in [0.15, 0.2) is 45.5 Å². The first kappa shape index (κ1) is 13.4. The summed E-state index contributed by atoms with van der Waals surface area (Å²) in [5.74, 6) is 1.76. The second-order valence-corrected chi connectivity index (χ2v) is 5.50. The normalized spacial score (nSPS) is 12.9. The maximum atomic E-state index is 6.22. The van der Waals surface area contributed by atoms with Crippen molar-refractivity contribution in [1.82, 2.24) is 9.55 Å². The van der Waals surface area contributed by atoms with Crippen LogP contribution >= 0.6 is 15.9 Å². The van der Waals surface area contributed by atoms with E-state index in [1.807, 2.05) is 30.3 Å². The van der Waals surface area contributed by atoms with Crippen molar-refractivity contribution in [2.24, 2.45) is 5.73 Å². The number of nitrogens with two attached hydrogens (primary N) is 1. The van der Waals surface area contributed by atoms with Gasteiger partial charge in [0.2, 0.25) is 0 Å². The van der Waals surface area contributed by atoms with Crippen molar-refractivity contribution < 1.29 is 4.42 Å². The van der Waals surface area contributed by atoms with Crippen molar-refractivity contribution in [3.8, 4) is 0 Å². The molecule has 1 aromatic carbocycles. The van der Waals surface area contributed by atoms with Gasteiger partial charge >= 0.3 is 0 Å². The summed E-state index contributed by atoms with van der Waals surface area (Å²) in [4.78, 5) is 4.69. The Hall–Kier alpha value is -1.59. The van der Waals surface area contributed by atoms with Crippen LogP contribution in [0.25, 0.3) is 11.0 Å². The lowest BCUT2D eigenvalue weighted by Gasteiger charge is -2.10. The van der Waals surface area contributed by atoms with E-state index in [0.29, 0.717) is 11.1 Å².